The number of hydrogen-bond donors (Lipinski definition) is 0. The molecule has 4 heteroatoms. The van der Waals surface area contributed by atoms with Crippen LogP contribution < -0.4 is 0 Å². The van der Waals surface area contributed by atoms with Crippen LogP contribution in [0.15, 0.2) is 0 Å². The van der Waals surface area contributed by atoms with Gasteiger partial charge in [-0.3, -0.25) is 9.59 Å². The number of nitrogens with zero attached hydrogens (tertiary/aromatic N) is 1. The van der Waals surface area contributed by atoms with Gasteiger partial charge in [0.05, 0.1) is 0 Å². The van der Waals surface area contributed by atoms with Gasteiger partial charge in [0, 0.05) is 12.0 Å². The normalized spacial score (nSPS) is 27.4. The van der Waals surface area contributed by atoms with Crippen molar-refractivity contribution >= 4 is 22.8 Å². The molecule has 1 heterocycles. The first-order valence-electron chi connectivity index (χ1n) is 9.45. The third-order valence-corrected chi connectivity index (χ3v) is 6.60. The Morgan fingerprint density at radius 2 is 1.78 bits per heavy atom. The van der Waals surface area contributed by atoms with Crippen molar-refractivity contribution in [2.24, 2.45) is 11.3 Å². The number of carbonyl (C=O) groups is 2. The van der Waals surface area contributed by atoms with Gasteiger partial charge in [-0.25, -0.2) is 0 Å². The fourth-order valence-electron chi connectivity index (χ4n) is 4.61. The average Bonchev–Trinajstić information content (AvgIpc) is 2.54. The highest BCUT2D eigenvalue weighted by atomic mass is 32.2. The van der Waals surface area contributed by atoms with E-state index in [-0.39, 0.29) is 34.4 Å². The zero-order chi connectivity index (χ0) is 17.0. The van der Waals surface area contributed by atoms with E-state index in [9.17, 15) is 9.59 Å². The third-order valence-electron chi connectivity index (χ3n) is 5.81. The molecule has 0 aromatic rings. The molecule has 1 amide bonds. The standard InChI is InChI=1S/C19H33NO2S/c1-5-15-10-13-19(11-8-7-9-12-19)16(18(22)23-6-2)20(15)17(21)14(3)4/h14-16H,5-13H2,1-4H3/t15-,16-/m1/s1. The predicted molar refractivity (Wildman–Crippen MR) is 97.4 cm³/mol. The zero-order valence-electron chi connectivity index (χ0n) is 15.3. The van der Waals surface area contributed by atoms with Gasteiger partial charge in [0.2, 0.25) is 11.0 Å². The number of likely N-dealkylation sites (tertiary alicyclic amines) is 1. The van der Waals surface area contributed by atoms with E-state index in [4.69, 9.17) is 0 Å². The molecular weight excluding hydrogens is 306 g/mol. The van der Waals surface area contributed by atoms with E-state index in [1.165, 1.54) is 31.0 Å². The second-order valence-corrected chi connectivity index (χ2v) is 8.85. The molecule has 0 unspecified atom stereocenters. The monoisotopic (exact) mass is 339 g/mol. The van der Waals surface area contributed by atoms with Crippen LogP contribution in [0.1, 0.15) is 79.1 Å². The first kappa shape index (κ1) is 18.8. The predicted octanol–water partition coefficient (Wildman–Crippen LogP) is 4.64. The van der Waals surface area contributed by atoms with Crippen LogP contribution >= 0.6 is 11.8 Å². The molecule has 2 fully saturated rings. The van der Waals surface area contributed by atoms with Gasteiger partial charge in [-0.1, -0.05) is 58.7 Å². The number of hydrogen-bond acceptors (Lipinski definition) is 3. The summed E-state index contributed by atoms with van der Waals surface area (Å²) < 4.78 is 0. The highest BCUT2D eigenvalue weighted by Gasteiger charge is 2.52. The zero-order valence-corrected chi connectivity index (χ0v) is 16.1. The van der Waals surface area contributed by atoms with Gasteiger partial charge in [-0.15, -0.1) is 0 Å². The van der Waals surface area contributed by atoms with E-state index in [0.29, 0.717) is 0 Å². The van der Waals surface area contributed by atoms with Crippen LogP contribution in [-0.2, 0) is 9.59 Å². The highest BCUT2D eigenvalue weighted by molar-refractivity contribution is 8.13. The summed E-state index contributed by atoms with van der Waals surface area (Å²) in [6, 6.07) is 0.0465. The maximum Gasteiger partial charge on any atom is 0.226 e. The van der Waals surface area contributed by atoms with E-state index >= 15 is 0 Å². The van der Waals surface area contributed by atoms with Crippen molar-refractivity contribution in [1.29, 1.82) is 0 Å². The molecule has 1 saturated carbocycles. The van der Waals surface area contributed by atoms with E-state index < -0.39 is 0 Å². The summed E-state index contributed by atoms with van der Waals surface area (Å²) in [6.07, 6.45) is 9.07. The Balaban J connectivity index is 2.41. The summed E-state index contributed by atoms with van der Waals surface area (Å²) in [5, 5.41) is 0.238. The van der Waals surface area contributed by atoms with Crippen molar-refractivity contribution in [1.82, 2.24) is 4.90 Å². The van der Waals surface area contributed by atoms with Gasteiger partial charge in [-0.2, -0.15) is 0 Å². The molecule has 2 aliphatic rings. The minimum Gasteiger partial charge on any atom is -0.328 e. The van der Waals surface area contributed by atoms with Crippen LogP contribution in [0.5, 0.6) is 0 Å². The summed E-state index contributed by atoms with van der Waals surface area (Å²) >= 11 is 1.42. The summed E-state index contributed by atoms with van der Waals surface area (Å²) in [6.45, 7) is 8.11. The van der Waals surface area contributed by atoms with Crippen molar-refractivity contribution in [3.63, 3.8) is 0 Å². The molecule has 23 heavy (non-hydrogen) atoms. The maximum atomic E-state index is 13.0. The summed E-state index contributed by atoms with van der Waals surface area (Å²) in [4.78, 5) is 28.0. The van der Waals surface area contributed by atoms with Gasteiger partial charge in [-0.05, 0) is 43.3 Å². The summed E-state index contributed by atoms with van der Waals surface area (Å²) in [5.74, 6) is 0.938. The fraction of sp³-hybridized carbons (Fsp3) is 0.895. The van der Waals surface area contributed by atoms with E-state index in [1.54, 1.807) is 0 Å². The van der Waals surface area contributed by atoms with Crippen LogP contribution in [0.25, 0.3) is 0 Å². The molecular formula is C19H33NO2S. The lowest BCUT2D eigenvalue weighted by Gasteiger charge is -2.54. The number of amides is 1. The Morgan fingerprint density at radius 3 is 2.30 bits per heavy atom. The van der Waals surface area contributed by atoms with Gasteiger partial charge in [0.25, 0.3) is 0 Å². The van der Waals surface area contributed by atoms with Crippen molar-refractivity contribution in [2.45, 2.75) is 91.1 Å². The van der Waals surface area contributed by atoms with Crippen molar-refractivity contribution in [3.8, 4) is 0 Å². The number of rotatable bonds is 4. The molecule has 132 valence electrons. The smallest absolute Gasteiger partial charge is 0.226 e. The molecule has 1 aliphatic carbocycles. The Bertz CT molecular complexity index is 429. The third kappa shape index (κ3) is 3.78. The molecule has 0 bridgehead atoms. The van der Waals surface area contributed by atoms with Gasteiger partial charge < -0.3 is 4.90 Å². The highest BCUT2D eigenvalue weighted by Crippen LogP contribution is 2.50. The topological polar surface area (TPSA) is 37.4 Å². The SMILES string of the molecule is CCSC(=O)[C@H]1N(C(=O)C(C)C)[C@H](CC)CCC12CCCCC2. The first-order chi connectivity index (χ1) is 11.0. The van der Waals surface area contributed by atoms with E-state index in [1.807, 2.05) is 25.7 Å². The quantitative estimate of drug-likeness (QED) is 0.748. The molecule has 2 rings (SSSR count). The Labute approximate surface area is 146 Å². The Morgan fingerprint density at radius 1 is 1.13 bits per heavy atom. The van der Waals surface area contributed by atoms with Crippen LogP contribution in [-0.4, -0.2) is 33.8 Å². The van der Waals surface area contributed by atoms with Crippen LogP contribution in [0.3, 0.4) is 0 Å². The molecule has 0 N–H and O–H groups in total. The maximum absolute atomic E-state index is 13.0. The lowest BCUT2D eigenvalue weighted by Crippen LogP contribution is -2.62. The molecule has 0 aromatic carbocycles. The molecule has 0 aromatic heterocycles. The number of carbonyl (C=O) groups excluding carboxylic acids is 2. The molecule has 0 radical (unpaired) electrons. The van der Waals surface area contributed by atoms with E-state index in [2.05, 4.69) is 6.92 Å². The number of piperidine rings is 1. The second kappa shape index (κ2) is 8.04. The number of thioether (sulfide) groups is 1. The molecule has 1 saturated heterocycles. The second-order valence-electron chi connectivity index (χ2n) is 7.58. The van der Waals surface area contributed by atoms with Crippen LogP contribution in [0, 0.1) is 11.3 Å². The minimum atomic E-state index is -0.193. The van der Waals surface area contributed by atoms with Crippen LogP contribution in [0.2, 0.25) is 0 Å². The minimum absolute atomic E-state index is 0.0373. The van der Waals surface area contributed by atoms with Crippen molar-refractivity contribution in [3.05, 3.63) is 0 Å². The largest absolute Gasteiger partial charge is 0.328 e. The van der Waals surface area contributed by atoms with Gasteiger partial charge in [0.15, 0.2) is 0 Å². The molecule has 2 atom stereocenters. The van der Waals surface area contributed by atoms with E-state index in [0.717, 1.165) is 37.9 Å². The lowest BCUT2D eigenvalue weighted by atomic mass is 9.63. The molecule has 3 nitrogen and oxygen atoms in total. The van der Waals surface area contributed by atoms with Crippen molar-refractivity contribution in [2.75, 3.05) is 5.75 Å². The average molecular weight is 340 g/mol. The van der Waals surface area contributed by atoms with Gasteiger partial charge in [0.1, 0.15) is 6.04 Å². The fourth-order valence-corrected chi connectivity index (χ4v) is 5.41. The van der Waals surface area contributed by atoms with Crippen molar-refractivity contribution < 1.29 is 9.59 Å². The lowest BCUT2D eigenvalue weighted by molar-refractivity contribution is -0.155. The van der Waals surface area contributed by atoms with Crippen LogP contribution in [0.4, 0.5) is 0 Å². The Hall–Kier alpha value is -0.510. The first-order valence-corrected chi connectivity index (χ1v) is 10.4. The molecule has 1 aliphatic heterocycles. The summed E-state index contributed by atoms with van der Waals surface area (Å²) in [5.41, 5.74) is 0.0493. The van der Waals surface area contributed by atoms with Gasteiger partial charge >= 0.3 is 0 Å². The molecule has 1 spiro atoms. The summed E-state index contributed by atoms with van der Waals surface area (Å²) in [7, 11) is 0. The Kier molecular flexibility index (Phi) is 6.58.